The van der Waals surface area contributed by atoms with Crippen molar-refractivity contribution in [2.24, 2.45) is 0 Å². The summed E-state index contributed by atoms with van der Waals surface area (Å²) in [6, 6.07) is 10.4. The Bertz CT molecular complexity index is 687. The molecule has 0 spiro atoms. The number of morpholine rings is 1. The minimum absolute atomic E-state index is 0.744. The Kier molecular flexibility index (Phi) is 5.17. The maximum absolute atomic E-state index is 5.49. The number of nitrogens with one attached hydrogen (secondary N) is 2. The van der Waals surface area contributed by atoms with Crippen LogP contribution in [0, 0.1) is 6.92 Å². The standard InChI is InChI=1S/C19H26N6O/c1-15-2-4-16(5-3-15)21-17-14-18(24-10-12-26-13-11-24)23-19(22-17)25-8-6-20-7-9-25/h2-5,14,20H,6-13H2,1H3,(H,21,22,23). The van der Waals surface area contributed by atoms with Gasteiger partial charge in [-0.05, 0) is 19.1 Å². The van der Waals surface area contributed by atoms with E-state index in [1.807, 2.05) is 6.07 Å². The van der Waals surface area contributed by atoms with Crippen LogP contribution < -0.4 is 20.4 Å². The van der Waals surface area contributed by atoms with Gasteiger partial charge in [0.1, 0.15) is 11.6 Å². The summed E-state index contributed by atoms with van der Waals surface area (Å²) in [6.07, 6.45) is 0. The lowest BCUT2D eigenvalue weighted by molar-refractivity contribution is 0.122. The molecule has 0 bridgehead atoms. The van der Waals surface area contributed by atoms with Gasteiger partial charge >= 0.3 is 0 Å². The Morgan fingerprint density at radius 2 is 1.69 bits per heavy atom. The molecule has 1 aromatic heterocycles. The minimum Gasteiger partial charge on any atom is -0.378 e. The van der Waals surface area contributed by atoms with E-state index in [4.69, 9.17) is 14.7 Å². The Labute approximate surface area is 154 Å². The molecular formula is C19H26N6O. The zero-order chi connectivity index (χ0) is 17.8. The average Bonchev–Trinajstić information content (AvgIpc) is 2.71. The Morgan fingerprint density at radius 1 is 0.962 bits per heavy atom. The number of aryl methyl sites for hydroxylation is 1. The molecule has 26 heavy (non-hydrogen) atoms. The number of nitrogens with zero attached hydrogens (tertiary/aromatic N) is 4. The molecule has 7 heteroatoms. The van der Waals surface area contributed by atoms with Crippen molar-refractivity contribution in [1.82, 2.24) is 15.3 Å². The molecule has 0 radical (unpaired) electrons. The molecule has 2 saturated heterocycles. The number of piperazine rings is 1. The largest absolute Gasteiger partial charge is 0.378 e. The molecule has 7 nitrogen and oxygen atoms in total. The SMILES string of the molecule is Cc1ccc(Nc2cc(N3CCOCC3)nc(N3CCNCC3)n2)cc1. The Morgan fingerprint density at radius 3 is 2.42 bits per heavy atom. The van der Waals surface area contributed by atoms with Crippen LogP contribution in [0.4, 0.5) is 23.3 Å². The average molecular weight is 354 g/mol. The first-order chi connectivity index (χ1) is 12.8. The van der Waals surface area contributed by atoms with E-state index in [1.54, 1.807) is 0 Å². The molecule has 2 aliphatic heterocycles. The second-order valence-corrected chi connectivity index (χ2v) is 6.74. The molecule has 2 fully saturated rings. The lowest BCUT2D eigenvalue weighted by Gasteiger charge is -2.31. The first kappa shape index (κ1) is 17.1. The van der Waals surface area contributed by atoms with Crippen LogP contribution in [0.1, 0.15) is 5.56 Å². The minimum atomic E-state index is 0.744. The molecule has 138 valence electrons. The highest BCUT2D eigenvalue weighted by Crippen LogP contribution is 2.24. The van der Waals surface area contributed by atoms with Crippen LogP contribution in [0.3, 0.4) is 0 Å². The van der Waals surface area contributed by atoms with Gasteiger partial charge in [0.25, 0.3) is 0 Å². The van der Waals surface area contributed by atoms with Crippen molar-refractivity contribution >= 4 is 23.3 Å². The number of ether oxygens (including phenoxy) is 1. The normalized spacial score (nSPS) is 18.0. The highest BCUT2D eigenvalue weighted by molar-refractivity contribution is 5.62. The second-order valence-electron chi connectivity index (χ2n) is 6.74. The van der Waals surface area contributed by atoms with Gasteiger partial charge < -0.3 is 25.2 Å². The van der Waals surface area contributed by atoms with Crippen molar-refractivity contribution in [2.75, 3.05) is 67.6 Å². The molecule has 3 heterocycles. The van der Waals surface area contributed by atoms with E-state index in [0.717, 1.165) is 75.8 Å². The molecule has 2 N–H and O–H groups in total. The number of hydrogen-bond donors (Lipinski definition) is 2. The van der Waals surface area contributed by atoms with E-state index in [1.165, 1.54) is 5.56 Å². The van der Waals surface area contributed by atoms with Gasteiger partial charge in [0, 0.05) is 51.0 Å². The van der Waals surface area contributed by atoms with Gasteiger partial charge in [0.2, 0.25) is 5.95 Å². The summed E-state index contributed by atoms with van der Waals surface area (Å²) in [5.41, 5.74) is 2.28. The van der Waals surface area contributed by atoms with E-state index in [2.05, 4.69) is 51.6 Å². The van der Waals surface area contributed by atoms with Gasteiger partial charge in [0.05, 0.1) is 13.2 Å². The summed E-state index contributed by atoms with van der Waals surface area (Å²) in [5.74, 6) is 2.59. The first-order valence-corrected chi connectivity index (χ1v) is 9.29. The molecule has 0 atom stereocenters. The van der Waals surface area contributed by atoms with Crippen molar-refractivity contribution in [2.45, 2.75) is 6.92 Å². The maximum Gasteiger partial charge on any atom is 0.229 e. The summed E-state index contributed by atoms with van der Waals surface area (Å²) in [6.45, 7) is 9.09. The third-order valence-corrected chi connectivity index (χ3v) is 4.76. The quantitative estimate of drug-likeness (QED) is 0.867. The van der Waals surface area contributed by atoms with Crippen LogP contribution in [-0.4, -0.2) is 62.5 Å². The lowest BCUT2D eigenvalue weighted by Crippen LogP contribution is -2.44. The zero-order valence-corrected chi connectivity index (χ0v) is 15.2. The fraction of sp³-hybridized carbons (Fsp3) is 0.474. The molecule has 4 rings (SSSR count). The van der Waals surface area contributed by atoms with Crippen LogP contribution in [0.5, 0.6) is 0 Å². The third kappa shape index (κ3) is 4.05. The van der Waals surface area contributed by atoms with E-state index >= 15 is 0 Å². The van der Waals surface area contributed by atoms with Crippen molar-refractivity contribution in [3.8, 4) is 0 Å². The Balaban J connectivity index is 1.63. The van der Waals surface area contributed by atoms with Gasteiger partial charge in [-0.15, -0.1) is 0 Å². The summed E-state index contributed by atoms with van der Waals surface area (Å²) in [4.78, 5) is 14.2. The number of anilines is 4. The molecule has 0 unspecified atom stereocenters. The topological polar surface area (TPSA) is 65.6 Å². The molecular weight excluding hydrogens is 328 g/mol. The van der Waals surface area contributed by atoms with Gasteiger partial charge in [0.15, 0.2) is 0 Å². The van der Waals surface area contributed by atoms with Crippen LogP contribution in [-0.2, 0) is 4.74 Å². The van der Waals surface area contributed by atoms with Crippen LogP contribution in [0.2, 0.25) is 0 Å². The van der Waals surface area contributed by atoms with Gasteiger partial charge in [-0.2, -0.15) is 9.97 Å². The predicted octanol–water partition coefficient (Wildman–Crippen LogP) is 1.77. The number of rotatable bonds is 4. The number of hydrogen-bond acceptors (Lipinski definition) is 7. The summed E-state index contributed by atoms with van der Waals surface area (Å²) >= 11 is 0. The Hall–Kier alpha value is -2.38. The zero-order valence-electron chi connectivity index (χ0n) is 15.2. The molecule has 1 aromatic carbocycles. The fourth-order valence-electron chi connectivity index (χ4n) is 3.23. The van der Waals surface area contributed by atoms with Crippen molar-refractivity contribution in [3.05, 3.63) is 35.9 Å². The van der Waals surface area contributed by atoms with E-state index in [9.17, 15) is 0 Å². The van der Waals surface area contributed by atoms with Crippen LogP contribution in [0.25, 0.3) is 0 Å². The van der Waals surface area contributed by atoms with E-state index in [-0.39, 0.29) is 0 Å². The predicted molar refractivity (Wildman–Crippen MR) is 105 cm³/mol. The summed E-state index contributed by atoms with van der Waals surface area (Å²) < 4.78 is 5.49. The van der Waals surface area contributed by atoms with Crippen molar-refractivity contribution < 1.29 is 4.74 Å². The number of aromatic nitrogens is 2. The monoisotopic (exact) mass is 354 g/mol. The molecule has 0 aliphatic carbocycles. The maximum atomic E-state index is 5.49. The first-order valence-electron chi connectivity index (χ1n) is 9.29. The molecule has 0 saturated carbocycles. The molecule has 2 aliphatic rings. The van der Waals surface area contributed by atoms with Crippen LogP contribution >= 0.6 is 0 Å². The second kappa shape index (κ2) is 7.88. The molecule has 0 amide bonds. The fourth-order valence-corrected chi connectivity index (χ4v) is 3.23. The molecule has 2 aromatic rings. The smallest absolute Gasteiger partial charge is 0.229 e. The van der Waals surface area contributed by atoms with Gasteiger partial charge in [-0.1, -0.05) is 17.7 Å². The van der Waals surface area contributed by atoms with Crippen molar-refractivity contribution in [3.63, 3.8) is 0 Å². The van der Waals surface area contributed by atoms with Gasteiger partial charge in [-0.3, -0.25) is 0 Å². The third-order valence-electron chi connectivity index (χ3n) is 4.76. The highest BCUT2D eigenvalue weighted by atomic mass is 16.5. The summed E-state index contributed by atoms with van der Waals surface area (Å²) in [7, 11) is 0. The van der Waals surface area contributed by atoms with Crippen LogP contribution in [0.15, 0.2) is 30.3 Å². The van der Waals surface area contributed by atoms with E-state index < -0.39 is 0 Å². The van der Waals surface area contributed by atoms with Crippen molar-refractivity contribution in [1.29, 1.82) is 0 Å². The van der Waals surface area contributed by atoms with Gasteiger partial charge in [-0.25, -0.2) is 0 Å². The highest BCUT2D eigenvalue weighted by Gasteiger charge is 2.19. The lowest BCUT2D eigenvalue weighted by atomic mass is 10.2. The van der Waals surface area contributed by atoms with E-state index in [0.29, 0.717) is 0 Å². The number of benzene rings is 1. The summed E-state index contributed by atoms with van der Waals surface area (Å²) in [5, 5.41) is 6.82.